The number of aromatic nitrogens is 6. The summed E-state index contributed by atoms with van der Waals surface area (Å²) in [6.45, 7) is 3.80. The van der Waals surface area contributed by atoms with E-state index in [2.05, 4.69) is 20.5 Å². The monoisotopic (exact) mass is 294 g/mol. The van der Waals surface area contributed by atoms with Gasteiger partial charge < -0.3 is 4.52 Å². The van der Waals surface area contributed by atoms with E-state index in [4.69, 9.17) is 4.52 Å². The number of hydrogen-bond donors (Lipinski definition) is 0. The van der Waals surface area contributed by atoms with E-state index in [0.29, 0.717) is 0 Å². The summed E-state index contributed by atoms with van der Waals surface area (Å²) >= 11 is 0. The van der Waals surface area contributed by atoms with Crippen molar-refractivity contribution in [3.63, 3.8) is 0 Å². The summed E-state index contributed by atoms with van der Waals surface area (Å²) in [4.78, 5) is 4.48. The Morgan fingerprint density at radius 1 is 1.18 bits per heavy atom. The fourth-order valence-corrected chi connectivity index (χ4v) is 2.72. The number of imidazole rings is 1. The first-order valence-corrected chi connectivity index (χ1v) is 6.92. The van der Waals surface area contributed by atoms with Crippen LogP contribution in [0.15, 0.2) is 35.1 Å². The zero-order valence-electron chi connectivity index (χ0n) is 12.5. The standard InChI is InChI=1S/C15H14N6O/c1-9-13(10(2)22-18-9)15-16-7-8-21(15)12-6-4-5-11-14(12)17-19-20(11)3/h4-8H,1-3H3. The Kier molecular flexibility index (Phi) is 2.62. The van der Waals surface area contributed by atoms with Crippen molar-refractivity contribution in [1.29, 1.82) is 0 Å². The third-order valence-corrected chi connectivity index (χ3v) is 3.78. The minimum atomic E-state index is 0.747. The van der Waals surface area contributed by atoms with Crippen molar-refractivity contribution in [3.05, 3.63) is 42.0 Å². The smallest absolute Gasteiger partial charge is 0.150 e. The van der Waals surface area contributed by atoms with Crippen LogP contribution in [0.4, 0.5) is 0 Å². The van der Waals surface area contributed by atoms with Gasteiger partial charge in [-0.05, 0) is 26.0 Å². The molecule has 0 aliphatic rings. The van der Waals surface area contributed by atoms with Crippen molar-refractivity contribution in [3.8, 4) is 17.1 Å². The van der Waals surface area contributed by atoms with Gasteiger partial charge in [-0.25, -0.2) is 9.67 Å². The van der Waals surface area contributed by atoms with Crippen molar-refractivity contribution in [2.24, 2.45) is 7.05 Å². The molecule has 0 bridgehead atoms. The second kappa shape index (κ2) is 4.52. The molecule has 22 heavy (non-hydrogen) atoms. The van der Waals surface area contributed by atoms with Crippen molar-refractivity contribution < 1.29 is 4.52 Å². The van der Waals surface area contributed by atoms with E-state index in [1.165, 1.54) is 0 Å². The van der Waals surface area contributed by atoms with Crippen LogP contribution in [-0.2, 0) is 7.05 Å². The van der Waals surface area contributed by atoms with Crippen LogP contribution in [-0.4, -0.2) is 29.7 Å². The van der Waals surface area contributed by atoms with Crippen molar-refractivity contribution in [1.82, 2.24) is 29.7 Å². The Hall–Kier alpha value is -2.96. The molecular weight excluding hydrogens is 280 g/mol. The van der Waals surface area contributed by atoms with Crippen LogP contribution in [0, 0.1) is 13.8 Å². The highest BCUT2D eigenvalue weighted by Gasteiger charge is 2.19. The predicted molar refractivity (Wildman–Crippen MR) is 80.6 cm³/mol. The van der Waals surface area contributed by atoms with Crippen LogP contribution < -0.4 is 0 Å². The molecule has 0 saturated heterocycles. The van der Waals surface area contributed by atoms with Crippen LogP contribution in [0.5, 0.6) is 0 Å². The summed E-state index contributed by atoms with van der Waals surface area (Å²) in [5, 5.41) is 12.4. The molecule has 0 aliphatic carbocycles. The van der Waals surface area contributed by atoms with E-state index < -0.39 is 0 Å². The molecule has 4 aromatic rings. The third kappa shape index (κ3) is 1.68. The molecule has 0 aliphatic heterocycles. The maximum absolute atomic E-state index is 5.27. The summed E-state index contributed by atoms with van der Waals surface area (Å²) < 4.78 is 9.01. The molecule has 0 unspecified atom stereocenters. The molecule has 0 N–H and O–H groups in total. The van der Waals surface area contributed by atoms with E-state index in [1.54, 1.807) is 10.9 Å². The zero-order valence-corrected chi connectivity index (χ0v) is 12.5. The molecule has 0 radical (unpaired) electrons. The van der Waals surface area contributed by atoms with Crippen molar-refractivity contribution in [2.75, 3.05) is 0 Å². The highest BCUT2D eigenvalue weighted by Crippen LogP contribution is 2.29. The van der Waals surface area contributed by atoms with Gasteiger partial charge in [0.15, 0.2) is 0 Å². The maximum atomic E-state index is 5.27. The average Bonchev–Trinajstić information content (AvgIpc) is 3.20. The maximum Gasteiger partial charge on any atom is 0.150 e. The molecular formula is C15H14N6O. The van der Waals surface area contributed by atoms with Gasteiger partial charge in [-0.3, -0.25) is 4.57 Å². The highest BCUT2D eigenvalue weighted by molar-refractivity contribution is 5.84. The van der Waals surface area contributed by atoms with Crippen molar-refractivity contribution in [2.45, 2.75) is 13.8 Å². The lowest BCUT2D eigenvalue weighted by Gasteiger charge is -2.08. The Labute approximate surface area is 126 Å². The summed E-state index contributed by atoms with van der Waals surface area (Å²) in [7, 11) is 1.88. The largest absolute Gasteiger partial charge is 0.361 e. The molecule has 3 heterocycles. The summed E-state index contributed by atoms with van der Waals surface area (Å²) in [6.07, 6.45) is 3.67. The van der Waals surface area contributed by atoms with E-state index in [-0.39, 0.29) is 0 Å². The molecule has 7 heteroatoms. The first kappa shape index (κ1) is 12.8. The first-order valence-electron chi connectivity index (χ1n) is 6.92. The Morgan fingerprint density at radius 3 is 2.82 bits per heavy atom. The normalized spacial score (nSPS) is 11.4. The fourth-order valence-electron chi connectivity index (χ4n) is 2.72. The summed E-state index contributed by atoms with van der Waals surface area (Å²) in [6, 6.07) is 5.98. The number of benzene rings is 1. The zero-order chi connectivity index (χ0) is 15.3. The molecule has 0 atom stereocenters. The van der Waals surface area contributed by atoms with Gasteiger partial charge in [-0.15, -0.1) is 5.10 Å². The quantitative estimate of drug-likeness (QED) is 0.567. The predicted octanol–water partition coefficient (Wildman–Crippen LogP) is 2.43. The van der Waals surface area contributed by atoms with Gasteiger partial charge >= 0.3 is 0 Å². The number of nitrogens with zero attached hydrogens (tertiary/aromatic N) is 6. The molecule has 7 nitrogen and oxygen atoms in total. The Balaban J connectivity index is 2.00. The van der Waals surface area contributed by atoms with Gasteiger partial charge in [0, 0.05) is 19.4 Å². The Bertz CT molecular complexity index is 958. The van der Waals surface area contributed by atoms with Gasteiger partial charge in [0.05, 0.1) is 22.5 Å². The minimum Gasteiger partial charge on any atom is -0.361 e. The van der Waals surface area contributed by atoms with Crippen LogP contribution >= 0.6 is 0 Å². The third-order valence-electron chi connectivity index (χ3n) is 3.78. The van der Waals surface area contributed by atoms with Crippen LogP contribution in [0.2, 0.25) is 0 Å². The van der Waals surface area contributed by atoms with Crippen LogP contribution in [0.1, 0.15) is 11.5 Å². The minimum absolute atomic E-state index is 0.747. The molecule has 0 fully saturated rings. The fraction of sp³-hybridized carbons (Fsp3) is 0.200. The van der Waals surface area contributed by atoms with Gasteiger partial charge in [0.25, 0.3) is 0 Å². The lowest BCUT2D eigenvalue weighted by molar-refractivity contribution is 0.393. The van der Waals surface area contributed by atoms with Crippen LogP contribution in [0.3, 0.4) is 0 Å². The van der Waals surface area contributed by atoms with E-state index >= 15 is 0 Å². The first-order chi connectivity index (χ1) is 10.7. The van der Waals surface area contributed by atoms with Gasteiger partial charge in [-0.1, -0.05) is 16.4 Å². The van der Waals surface area contributed by atoms with Gasteiger partial charge in [0.2, 0.25) is 0 Å². The summed E-state index contributed by atoms with van der Waals surface area (Å²) in [5.41, 5.74) is 4.45. The second-order valence-electron chi connectivity index (χ2n) is 5.18. The number of hydrogen-bond acceptors (Lipinski definition) is 5. The average molecular weight is 294 g/mol. The Morgan fingerprint density at radius 2 is 2.05 bits per heavy atom. The van der Waals surface area contributed by atoms with Gasteiger partial charge in [-0.2, -0.15) is 0 Å². The SMILES string of the molecule is Cc1noc(C)c1-c1nccn1-c1cccc2c1nnn2C. The lowest BCUT2D eigenvalue weighted by Crippen LogP contribution is -1.99. The number of aryl methyl sites for hydroxylation is 3. The molecule has 4 rings (SSSR count). The highest BCUT2D eigenvalue weighted by atomic mass is 16.5. The number of rotatable bonds is 2. The van der Waals surface area contributed by atoms with E-state index in [1.807, 2.05) is 49.9 Å². The van der Waals surface area contributed by atoms with E-state index in [9.17, 15) is 0 Å². The number of fused-ring (bicyclic) bond motifs is 1. The molecule has 0 saturated carbocycles. The topological polar surface area (TPSA) is 74.6 Å². The van der Waals surface area contributed by atoms with Gasteiger partial charge in [0.1, 0.15) is 17.1 Å². The van der Waals surface area contributed by atoms with E-state index in [0.717, 1.165) is 39.6 Å². The molecule has 0 spiro atoms. The lowest BCUT2D eigenvalue weighted by atomic mass is 10.2. The van der Waals surface area contributed by atoms with Crippen LogP contribution in [0.25, 0.3) is 28.1 Å². The summed E-state index contributed by atoms with van der Waals surface area (Å²) in [5.74, 6) is 1.53. The molecule has 1 aromatic carbocycles. The molecule has 0 amide bonds. The molecule has 110 valence electrons. The second-order valence-corrected chi connectivity index (χ2v) is 5.18. The van der Waals surface area contributed by atoms with Crippen molar-refractivity contribution >= 4 is 11.0 Å². The molecule has 3 aromatic heterocycles.